The Kier molecular flexibility index (Phi) is 3.52. The maximum Gasteiger partial charge on any atom is 0.222 e. The minimum atomic E-state index is -0.214. The van der Waals surface area contributed by atoms with Crippen molar-refractivity contribution < 1.29 is 4.79 Å². The SMILES string of the molecule is Cc1cc(N2CCC(C(N)=O)C2)c(CN)c(C)n1. The number of aryl methyl sites for hydroxylation is 2. The molecule has 0 aliphatic carbocycles. The molecule has 1 aromatic heterocycles. The molecule has 0 saturated carbocycles. The van der Waals surface area contributed by atoms with Gasteiger partial charge >= 0.3 is 0 Å². The second-order valence-electron chi connectivity index (χ2n) is 4.88. The maximum atomic E-state index is 11.2. The maximum absolute atomic E-state index is 11.2. The highest BCUT2D eigenvalue weighted by atomic mass is 16.1. The normalized spacial score (nSPS) is 19.3. The Morgan fingerprint density at radius 1 is 1.56 bits per heavy atom. The zero-order valence-electron chi connectivity index (χ0n) is 10.9. The Bertz CT molecular complexity index is 472. The number of carbonyl (C=O) groups excluding carboxylic acids is 1. The van der Waals surface area contributed by atoms with Crippen LogP contribution in [0.4, 0.5) is 5.69 Å². The number of carbonyl (C=O) groups is 1. The number of nitrogens with zero attached hydrogens (tertiary/aromatic N) is 2. The van der Waals surface area contributed by atoms with Crippen molar-refractivity contribution in [2.24, 2.45) is 17.4 Å². The zero-order valence-corrected chi connectivity index (χ0v) is 10.9. The number of primary amides is 1. The summed E-state index contributed by atoms with van der Waals surface area (Å²) >= 11 is 0. The van der Waals surface area contributed by atoms with Crippen LogP contribution >= 0.6 is 0 Å². The quantitative estimate of drug-likeness (QED) is 0.814. The van der Waals surface area contributed by atoms with Gasteiger partial charge in [-0.1, -0.05) is 0 Å². The lowest BCUT2D eigenvalue weighted by Gasteiger charge is -2.23. The molecule has 5 heteroatoms. The van der Waals surface area contributed by atoms with Crippen molar-refractivity contribution in [2.45, 2.75) is 26.8 Å². The van der Waals surface area contributed by atoms with Gasteiger partial charge in [-0.2, -0.15) is 0 Å². The smallest absolute Gasteiger partial charge is 0.222 e. The molecule has 18 heavy (non-hydrogen) atoms. The molecule has 2 heterocycles. The molecular weight excluding hydrogens is 228 g/mol. The van der Waals surface area contributed by atoms with Gasteiger partial charge in [-0.25, -0.2) is 0 Å². The second-order valence-corrected chi connectivity index (χ2v) is 4.88. The van der Waals surface area contributed by atoms with Crippen LogP contribution in [0.5, 0.6) is 0 Å². The van der Waals surface area contributed by atoms with Gasteiger partial charge in [-0.3, -0.25) is 9.78 Å². The molecule has 1 aliphatic rings. The molecule has 4 N–H and O–H groups in total. The fourth-order valence-corrected chi connectivity index (χ4v) is 2.58. The van der Waals surface area contributed by atoms with Gasteiger partial charge in [0.25, 0.3) is 0 Å². The van der Waals surface area contributed by atoms with Crippen LogP contribution in [0.25, 0.3) is 0 Å². The number of aromatic nitrogens is 1. The Hall–Kier alpha value is -1.62. The third kappa shape index (κ3) is 2.31. The number of anilines is 1. The molecule has 0 aromatic carbocycles. The third-order valence-electron chi connectivity index (χ3n) is 3.57. The van der Waals surface area contributed by atoms with Crippen LogP contribution < -0.4 is 16.4 Å². The third-order valence-corrected chi connectivity index (χ3v) is 3.57. The summed E-state index contributed by atoms with van der Waals surface area (Å²) in [5, 5.41) is 0. The fraction of sp³-hybridized carbons (Fsp3) is 0.538. The highest BCUT2D eigenvalue weighted by molar-refractivity contribution is 5.78. The summed E-state index contributed by atoms with van der Waals surface area (Å²) in [5.74, 6) is -0.265. The van der Waals surface area contributed by atoms with E-state index in [0.717, 1.165) is 35.6 Å². The first-order chi connectivity index (χ1) is 8.52. The van der Waals surface area contributed by atoms with Gasteiger partial charge in [0.1, 0.15) is 0 Å². The molecule has 5 nitrogen and oxygen atoms in total. The molecule has 1 aromatic rings. The highest BCUT2D eigenvalue weighted by Crippen LogP contribution is 2.28. The number of amides is 1. The van der Waals surface area contributed by atoms with E-state index < -0.39 is 0 Å². The van der Waals surface area contributed by atoms with E-state index >= 15 is 0 Å². The second kappa shape index (κ2) is 4.94. The van der Waals surface area contributed by atoms with E-state index in [9.17, 15) is 4.79 Å². The molecule has 1 amide bonds. The molecule has 1 aliphatic heterocycles. The first kappa shape index (κ1) is 12.8. The van der Waals surface area contributed by atoms with E-state index in [0.29, 0.717) is 13.1 Å². The Morgan fingerprint density at radius 2 is 2.28 bits per heavy atom. The predicted molar refractivity (Wildman–Crippen MR) is 71.1 cm³/mol. The van der Waals surface area contributed by atoms with Gasteiger partial charge in [0.2, 0.25) is 5.91 Å². The summed E-state index contributed by atoms with van der Waals surface area (Å²) in [6, 6.07) is 2.04. The van der Waals surface area contributed by atoms with Crippen LogP contribution in [-0.4, -0.2) is 24.0 Å². The lowest BCUT2D eigenvalue weighted by Crippen LogP contribution is -2.28. The first-order valence-electron chi connectivity index (χ1n) is 6.24. The molecule has 98 valence electrons. The lowest BCUT2D eigenvalue weighted by atomic mass is 10.1. The highest BCUT2D eigenvalue weighted by Gasteiger charge is 2.28. The first-order valence-corrected chi connectivity index (χ1v) is 6.24. The van der Waals surface area contributed by atoms with Crippen molar-refractivity contribution in [3.63, 3.8) is 0 Å². The van der Waals surface area contributed by atoms with Crippen molar-refractivity contribution in [1.29, 1.82) is 0 Å². The van der Waals surface area contributed by atoms with E-state index in [-0.39, 0.29) is 11.8 Å². The van der Waals surface area contributed by atoms with Crippen molar-refractivity contribution in [1.82, 2.24) is 4.98 Å². The van der Waals surface area contributed by atoms with Gasteiger partial charge in [-0.15, -0.1) is 0 Å². The molecule has 1 atom stereocenters. The summed E-state index contributed by atoms with van der Waals surface area (Å²) in [6.07, 6.45) is 0.819. The van der Waals surface area contributed by atoms with E-state index in [1.165, 1.54) is 0 Å². The molecule has 1 unspecified atom stereocenters. The van der Waals surface area contributed by atoms with Crippen molar-refractivity contribution in [3.05, 3.63) is 23.0 Å². The Labute approximate surface area is 107 Å². The summed E-state index contributed by atoms with van der Waals surface area (Å²) in [5.41, 5.74) is 15.3. The number of rotatable bonds is 3. The molecule has 1 fully saturated rings. The average Bonchev–Trinajstić information content (AvgIpc) is 2.77. The molecule has 0 spiro atoms. The van der Waals surface area contributed by atoms with Crippen LogP contribution in [-0.2, 0) is 11.3 Å². The van der Waals surface area contributed by atoms with Gasteiger partial charge in [0.15, 0.2) is 0 Å². The molecule has 1 saturated heterocycles. The number of hydrogen-bond acceptors (Lipinski definition) is 4. The van der Waals surface area contributed by atoms with E-state index in [1.54, 1.807) is 0 Å². The largest absolute Gasteiger partial charge is 0.370 e. The minimum absolute atomic E-state index is 0.0515. The van der Waals surface area contributed by atoms with Crippen LogP contribution in [0.3, 0.4) is 0 Å². The summed E-state index contributed by atoms with van der Waals surface area (Å²) in [4.78, 5) is 17.9. The standard InChI is InChI=1S/C13H20N4O/c1-8-5-12(11(6-14)9(2)16-8)17-4-3-10(7-17)13(15)18/h5,10H,3-4,6-7,14H2,1-2H3,(H2,15,18). The number of hydrogen-bond donors (Lipinski definition) is 2. The van der Waals surface area contributed by atoms with Gasteiger partial charge in [0.05, 0.1) is 5.92 Å². The van der Waals surface area contributed by atoms with Gasteiger partial charge < -0.3 is 16.4 Å². The van der Waals surface area contributed by atoms with Crippen LogP contribution in [0, 0.1) is 19.8 Å². The zero-order chi connectivity index (χ0) is 13.3. The Balaban J connectivity index is 2.31. The summed E-state index contributed by atoms with van der Waals surface area (Å²) in [6.45, 7) is 5.94. The van der Waals surface area contributed by atoms with Gasteiger partial charge in [-0.05, 0) is 26.3 Å². The van der Waals surface area contributed by atoms with E-state index in [2.05, 4.69) is 9.88 Å². The van der Waals surface area contributed by atoms with Crippen molar-refractivity contribution >= 4 is 11.6 Å². The molecular formula is C13H20N4O. The topological polar surface area (TPSA) is 85.2 Å². The van der Waals surface area contributed by atoms with E-state index in [4.69, 9.17) is 11.5 Å². The van der Waals surface area contributed by atoms with Crippen LogP contribution in [0.1, 0.15) is 23.4 Å². The van der Waals surface area contributed by atoms with Gasteiger partial charge in [0, 0.05) is 42.3 Å². The molecule has 0 bridgehead atoms. The number of pyridine rings is 1. The molecule has 2 rings (SSSR count). The summed E-state index contributed by atoms with van der Waals surface area (Å²) in [7, 11) is 0. The fourth-order valence-electron chi connectivity index (χ4n) is 2.58. The van der Waals surface area contributed by atoms with E-state index in [1.807, 2.05) is 19.9 Å². The monoisotopic (exact) mass is 248 g/mol. The average molecular weight is 248 g/mol. The minimum Gasteiger partial charge on any atom is -0.370 e. The van der Waals surface area contributed by atoms with Crippen molar-refractivity contribution in [2.75, 3.05) is 18.0 Å². The molecule has 0 radical (unpaired) electrons. The van der Waals surface area contributed by atoms with Crippen LogP contribution in [0.2, 0.25) is 0 Å². The Morgan fingerprint density at radius 3 is 2.83 bits per heavy atom. The number of nitrogens with two attached hydrogens (primary N) is 2. The summed E-state index contributed by atoms with van der Waals surface area (Å²) < 4.78 is 0. The lowest BCUT2D eigenvalue weighted by molar-refractivity contribution is -0.121. The van der Waals surface area contributed by atoms with Crippen LogP contribution in [0.15, 0.2) is 6.07 Å². The predicted octanol–water partition coefficient (Wildman–Crippen LogP) is 0.469. The van der Waals surface area contributed by atoms with Crippen molar-refractivity contribution in [3.8, 4) is 0 Å².